The second-order valence-corrected chi connectivity index (χ2v) is 4.20. The van der Waals surface area contributed by atoms with Gasteiger partial charge in [0.2, 0.25) is 5.95 Å². The van der Waals surface area contributed by atoms with Crippen LogP contribution >= 0.6 is 0 Å². The Morgan fingerprint density at radius 2 is 2.37 bits per heavy atom. The number of nitrogen functional groups attached to an aromatic ring is 1. The van der Waals surface area contributed by atoms with E-state index < -0.39 is 12.3 Å². The van der Waals surface area contributed by atoms with E-state index in [0.29, 0.717) is 11.0 Å². The van der Waals surface area contributed by atoms with Crippen molar-refractivity contribution in [1.29, 1.82) is 0 Å². The zero-order valence-corrected chi connectivity index (χ0v) is 9.78. The molecule has 2 aromatic rings. The van der Waals surface area contributed by atoms with Crippen molar-refractivity contribution in [3.05, 3.63) is 34.5 Å². The standard InChI is InChI=1S/C11H12N4O4/c12-11-13-9-5(10(18)14-11)1-2-15(9)8-3-6(17)7(4-16)19-8/h1-3,7-8,16-17H,4H2,(H3,12,13,14,18). The number of nitrogens with two attached hydrogens (primary N) is 1. The van der Waals surface area contributed by atoms with Crippen molar-refractivity contribution in [2.75, 3.05) is 12.3 Å². The molecule has 1 aliphatic heterocycles. The summed E-state index contributed by atoms with van der Waals surface area (Å²) in [5.41, 5.74) is 5.52. The smallest absolute Gasteiger partial charge is 0.261 e. The fourth-order valence-electron chi connectivity index (χ4n) is 2.08. The lowest BCUT2D eigenvalue weighted by molar-refractivity contribution is -0.0214. The lowest BCUT2D eigenvalue weighted by atomic mass is 10.3. The predicted molar refractivity (Wildman–Crippen MR) is 66.5 cm³/mol. The van der Waals surface area contributed by atoms with Crippen LogP contribution in [0.3, 0.4) is 0 Å². The van der Waals surface area contributed by atoms with Gasteiger partial charge in [-0.25, -0.2) is 0 Å². The molecule has 0 saturated carbocycles. The van der Waals surface area contributed by atoms with Crippen molar-refractivity contribution >= 4 is 17.0 Å². The molecule has 0 aromatic carbocycles. The van der Waals surface area contributed by atoms with Crippen molar-refractivity contribution in [1.82, 2.24) is 14.5 Å². The summed E-state index contributed by atoms with van der Waals surface area (Å²) in [5.74, 6) is -0.0467. The SMILES string of the molecule is Nc1nc2c(ccn2C2C=C(O)C(CO)O2)c(=O)[nH]1. The number of fused-ring (bicyclic) bond motifs is 1. The fraction of sp³-hybridized carbons (Fsp3) is 0.273. The number of ether oxygens (including phenoxy) is 1. The molecule has 3 rings (SSSR count). The molecule has 8 heteroatoms. The minimum atomic E-state index is -0.762. The van der Waals surface area contributed by atoms with E-state index >= 15 is 0 Å². The van der Waals surface area contributed by atoms with E-state index in [0.717, 1.165) is 0 Å². The summed E-state index contributed by atoms with van der Waals surface area (Å²) < 4.78 is 6.99. The molecule has 0 spiro atoms. The Labute approximate surface area is 106 Å². The maximum Gasteiger partial charge on any atom is 0.261 e. The molecule has 2 unspecified atom stereocenters. The molecule has 0 bridgehead atoms. The van der Waals surface area contributed by atoms with Gasteiger partial charge < -0.3 is 25.3 Å². The molecule has 5 N–H and O–H groups in total. The molecule has 2 aromatic heterocycles. The van der Waals surface area contributed by atoms with Gasteiger partial charge in [0.1, 0.15) is 11.9 Å². The number of aromatic nitrogens is 3. The molecule has 1 aliphatic rings. The first-order valence-corrected chi connectivity index (χ1v) is 5.63. The summed E-state index contributed by atoms with van der Waals surface area (Å²) in [6.45, 7) is -0.325. The van der Waals surface area contributed by atoms with E-state index in [1.807, 2.05) is 0 Å². The highest BCUT2D eigenvalue weighted by Gasteiger charge is 2.28. The van der Waals surface area contributed by atoms with Gasteiger partial charge in [-0.3, -0.25) is 9.78 Å². The fourth-order valence-corrected chi connectivity index (χ4v) is 2.08. The average Bonchev–Trinajstić information content (AvgIpc) is 2.92. The highest BCUT2D eigenvalue weighted by Crippen LogP contribution is 2.27. The van der Waals surface area contributed by atoms with Gasteiger partial charge in [-0.1, -0.05) is 0 Å². The normalized spacial score (nSPS) is 22.9. The Bertz CT molecular complexity index is 717. The van der Waals surface area contributed by atoms with Crippen molar-refractivity contribution in [2.24, 2.45) is 0 Å². The van der Waals surface area contributed by atoms with Crippen LogP contribution in [0.5, 0.6) is 0 Å². The van der Waals surface area contributed by atoms with Gasteiger partial charge in [0.25, 0.3) is 5.56 Å². The highest BCUT2D eigenvalue weighted by atomic mass is 16.5. The number of nitrogens with one attached hydrogen (secondary N) is 1. The van der Waals surface area contributed by atoms with Crippen LogP contribution in [-0.4, -0.2) is 37.5 Å². The lowest BCUT2D eigenvalue weighted by Gasteiger charge is -2.14. The minimum Gasteiger partial charge on any atom is -0.510 e. The molecule has 0 saturated heterocycles. The largest absolute Gasteiger partial charge is 0.510 e. The van der Waals surface area contributed by atoms with E-state index in [9.17, 15) is 9.90 Å². The molecule has 100 valence electrons. The molecule has 3 heterocycles. The first kappa shape index (κ1) is 11.8. The summed E-state index contributed by atoms with van der Waals surface area (Å²) >= 11 is 0. The Balaban J connectivity index is 2.10. The third-order valence-corrected chi connectivity index (χ3v) is 2.99. The van der Waals surface area contributed by atoms with Crippen molar-refractivity contribution in [3.63, 3.8) is 0 Å². The quantitative estimate of drug-likeness (QED) is 0.586. The third-order valence-electron chi connectivity index (χ3n) is 2.99. The molecule has 8 nitrogen and oxygen atoms in total. The molecule has 0 radical (unpaired) electrons. The molecule has 19 heavy (non-hydrogen) atoms. The molecule has 0 amide bonds. The topological polar surface area (TPSA) is 126 Å². The van der Waals surface area contributed by atoms with Crippen LogP contribution in [-0.2, 0) is 4.74 Å². The van der Waals surface area contributed by atoms with Gasteiger partial charge in [0, 0.05) is 12.3 Å². The Morgan fingerprint density at radius 3 is 3.05 bits per heavy atom. The predicted octanol–water partition coefficient (Wildman–Crippen LogP) is -0.362. The molecular weight excluding hydrogens is 252 g/mol. The average molecular weight is 264 g/mol. The van der Waals surface area contributed by atoms with Gasteiger partial charge in [-0.15, -0.1) is 0 Å². The number of aliphatic hydroxyl groups is 2. The maximum atomic E-state index is 11.7. The highest BCUT2D eigenvalue weighted by molar-refractivity contribution is 5.76. The summed E-state index contributed by atoms with van der Waals surface area (Å²) in [7, 11) is 0. The second kappa shape index (κ2) is 4.11. The minimum absolute atomic E-state index is 0.00218. The zero-order chi connectivity index (χ0) is 13.6. The van der Waals surface area contributed by atoms with Crippen LogP contribution in [0.4, 0.5) is 5.95 Å². The zero-order valence-electron chi connectivity index (χ0n) is 9.78. The Hall–Kier alpha value is -2.32. The second-order valence-electron chi connectivity index (χ2n) is 4.20. The van der Waals surface area contributed by atoms with Crippen LogP contribution in [0.15, 0.2) is 28.9 Å². The number of hydrogen-bond acceptors (Lipinski definition) is 6. The van der Waals surface area contributed by atoms with E-state index in [1.54, 1.807) is 16.8 Å². The van der Waals surface area contributed by atoms with E-state index in [4.69, 9.17) is 15.6 Å². The number of rotatable bonds is 2. The lowest BCUT2D eigenvalue weighted by Crippen LogP contribution is -2.18. The van der Waals surface area contributed by atoms with Gasteiger partial charge in [-0.05, 0) is 6.07 Å². The summed E-state index contributed by atoms with van der Waals surface area (Å²) in [4.78, 5) is 18.1. The van der Waals surface area contributed by atoms with Gasteiger partial charge in [0.15, 0.2) is 11.9 Å². The van der Waals surface area contributed by atoms with Crippen LogP contribution in [0.2, 0.25) is 0 Å². The van der Waals surface area contributed by atoms with Crippen LogP contribution in [0.1, 0.15) is 6.23 Å². The van der Waals surface area contributed by atoms with Gasteiger partial charge >= 0.3 is 0 Å². The first-order chi connectivity index (χ1) is 9.10. The summed E-state index contributed by atoms with van der Waals surface area (Å²) in [5, 5.41) is 19.0. The third kappa shape index (κ3) is 1.77. The maximum absolute atomic E-state index is 11.7. The van der Waals surface area contributed by atoms with E-state index in [-0.39, 0.29) is 23.9 Å². The Kier molecular flexibility index (Phi) is 2.54. The molecular formula is C11H12N4O4. The number of aliphatic hydroxyl groups excluding tert-OH is 2. The van der Waals surface area contributed by atoms with Crippen molar-refractivity contribution in [3.8, 4) is 0 Å². The van der Waals surface area contributed by atoms with Gasteiger partial charge in [0.05, 0.1) is 12.0 Å². The molecule has 2 atom stereocenters. The number of hydrogen-bond donors (Lipinski definition) is 4. The van der Waals surface area contributed by atoms with Crippen molar-refractivity contribution in [2.45, 2.75) is 12.3 Å². The number of H-pyrrole nitrogens is 1. The van der Waals surface area contributed by atoms with Crippen LogP contribution in [0, 0.1) is 0 Å². The van der Waals surface area contributed by atoms with E-state index in [2.05, 4.69) is 9.97 Å². The summed E-state index contributed by atoms with van der Waals surface area (Å²) in [6, 6.07) is 1.58. The van der Waals surface area contributed by atoms with Crippen LogP contribution in [0.25, 0.3) is 11.0 Å². The molecule has 0 fully saturated rings. The van der Waals surface area contributed by atoms with E-state index in [1.165, 1.54) is 6.08 Å². The Morgan fingerprint density at radius 1 is 1.58 bits per heavy atom. The monoisotopic (exact) mass is 264 g/mol. The number of anilines is 1. The number of nitrogens with zero attached hydrogens (tertiary/aromatic N) is 2. The first-order valence-electron chi connectivity index (χ1n) is 5.63. The van der Waals surface area contributed by atoms with Crippen molar-refractivity contribution < 1.29 is 14.9 Å². The number of aromatic amines is 1. The van der Waals surface area contributed by atoms with Gasteiger partial charge in [-0.2, -0.15) is 4.98 Å². The molecule has 0 aliphatic carbocycles. The van der Waals surface area contributed by atoms with Crippen LogP contribution < -0.4 is 11.3 Å². The summed E-state index contributed by atoms with van der Waals surface area (Å²) in [6.07, 6.45) is 1.66.